The topological polar surface area (TPSA) is 69.2 Å². The summed E-state index contributed by atoms with van der Waals surface area (Å²) in [4.78, 5) is 9.93. The number of alkyl halides is 2. The SMILES string of the molecule is NCC1(c2cc(F)ccc2[N+](=O)[O-])CC1(F)F. The average Bonchev–Trinajstić information content (AvgIpc) is 2.81. The normalized spacial score (nSPS) is 25.6. The van der Waals surface area contributed by atoms with E-state index in [1.165, 1.54) is 0 Å². The number of nitro groups is 1. The highest BCUT2D eigenvalue weighted by Gasteiger charge is 2.72. The molecule has 1 saturated carbocycles. The monoisotopic (exact) mass is 246 g/mol. The Morgan fingerprint density at radius 2 is 2.06 bits per heavy atom. The highest BCUT2D eigenvalue weighted by Crippen LogP contribution is 2.62. The summed E-state index contributed by atoms with van der Waals surface area (Å²) in [6.07, 6.45) is -0.583. The molecule has 17 heavy (non-hydrogen) atoms. The van der Waals surface area contributed by atoms with Crippen molar-refractivity contribution in [2.24, 2.45) is 5.73 Å². The Labute approximate surface area is 94.4 Å². The molecule has 1 fully saturated rings. The fourth-order valence-electron chi connectivity index (χ4n) is 2.01. The lowest BCUT2D eigenvalue weighted by atomic mass is 9.93. The number of halogens is 3. The van der Waals surface area contributed by atoms with E-state index in [1.54, 1.807) is 0 Å². The summed E-state index contributed by atoms with van der Waals surface area (Å²) in [5, 5.41) is 10.7. The maximum absolute atomic E-state index is 13.3. The van der Waals surface area contributed by atoms with Crippen molar-refractivity contribution in [2.75, 3.05) is 6.54 Å². The first-order chi connectivity index (χ1) is 7.84. The molecule has 1 aliphatic rings. The van der Waals surface area contributed by atoms with Crippen molar-refractivity contribution in [3.63, 3.8) is 0 Å². The molecule has 1 atom stereocenters. The van der Waals surface area contributed by atoms with Gasteiger partial charge in [0.2, 0.25) is 0 Å². The summed E-state index contributed by atoms with van der Waals surface area (Å²) in [7, 11) is 0. The molecule has 0 radical (unpaired) electrons. The van der Waals surface area contributed by atoms with Crippen molar-refractivity contribution < 1.29 is 18.1 Å². The number of rotatable bonds is 3. The smallest absolute Gasteiger partial charge is 0.273 e. The molecule has 7 heteroatoms. The predicted molar refractivity (Wildman–Crippen MR) is 53.4 cm³/mol. The summed E-state index contributed by atoms with van der Waals surface area (Å²) < 4.78 is 39.6. The van der Waals surface area contributed by atoms with Crippen molar-refractivity contribution in [1.29, 1.82) is 0 Å². The van der Waals surface area contributed by atoms with Crippen LogP contribution in [0.3, 0.4) is 0 Å². The van der Waals surface area contributed by atoms with E-state index in [-0.39, 0.29) is 5.56 Å². The summed E-state index contributed by atoms with van der Waals surface area (Å²) in [5.41, 5.74) is 2.63. The van der Waals surface area contributed by atoms with E-state index in [2.05, 4.69) is 0 Å². The zero-order valence-corrected chi connectivity index (χ0v) is 8.62. The van der Waals surface area contributed by atoms with Gasteiger partial charge in [0.05, 0.1) is 10.3 Å². The number of hydrogen-bond acceptors (Lipinski definition) is 3. The summed E-state index contributed by atoms with van der Waals surface area (Å²) in [5.74, 6) is -3.90. The Morgan fingerprint density at radius 1 is 1.47 bits per heavy atom. The second-order valence-corrected chi connectivity index (χ2v) is 4.09. The van der Waals surface area contributed by atoms with Crippen LogP contribution in [0.25, 0.3) is 0 Å². The van der Waals surface area contributed by atoms with E-state index in [4.69, 9.17) is 5.73 Å². The summed E-state index contributed by atoms with van der Waals surface area (Å²) in [6, 6.07) is 2.52. The van der Waals surface area contributed by atoms with Gasteiger partial charge in [-0.2, -0.15) is 0 Å². The first kappa shape index (κ1) is 11.8. The third-order valence-electron chi connectivity index (χ3n) is 3.12. The van der Waals surface area contributed by atoms with Crippen molar-refractivity contribution in [3.8, 4) is 0 Å². The Hall–Kier alpha value is -1.63. The molecule has 2 N–H and O–H groups in total. The third-order valence-corrected chi connectivity index (χ3v) is 3.12. The number of nitrogens with zero attached hydrogens (tertiary/aromatic N) is 1. The lowest BCUT2D eigenvalue weighted by Gasteiger charge is -2.14. The van der Waals surface area contributed by atoms with Crippen LogP contribution < -0.4 is 5.73 Å². The lowest BCUT2D eigenvalue weighted by molar-refractivity contribution is -0.386. The largest absolute Gasteiger partial charge is 0.329 e. The Balaban J connectivity index is 2.59. The minimum absolute atomic E-state index is 0.324. The Morgan fingerprint density at radius 3 is 2.47 bits per heavy atom. The molecule has 0 aliphatic heterocycles. The van der Waals surface area contributed by atoms with Gasteiger partial charge in [0.1, 0.15) is 5.82 Å². The van der Waals surface area contributed by atoms with Crippen LogP contribution in [0.2, 0.25) is 0 Å². The van der Waals surface area contributed by atoms with E-state index < -0.39 is 40.7 Å². The van der Waals surface area contributed by atoms with Crippen molar-refractivity contribution in [3.05, 3.63) is 39.7 Å². The van der Waals surface area contributed by atoms with Crippen LogP contribution in [0.5, 0.6) is 0 Å². The van der Waals surface area contributed by atoms with Gasteiger partial charge < -0.3 is 5.73 Å². The van der Waals surface area contributed by atoms with Crippen LogP contribution in [0.15, 0.2) is 18.2 Å². The van der Waals surface area contributed by atoms with Crippen molar-refractivity contribution in [1.82, 2.24) is 0 Å². The first-order valence-corrected chi connectivity index (χ1v) is 4.86. The molecule has 1 aromatic carbocycles. The molecule has 1 aromatic rings. The summed E-state index contributed by atoms with van der Waals surface area (Å²) in [6.45, 7) is -0.454. The molecule has 0 saturated heterocycles. The Kier molecular flexibility index (Phi) is 2.39. The molecule has 0 aromatic heterocycles. The number of nitrogens with two attached hydrogens (primary N) is 1. The van der Waals surface area contributed by atoms with E-state index in [9.17, 15) is 23.3 Å². The fraction of sp³-hybridized carbons (Fsp3) is 0.400. The molecule has 1 unspecified atom stereocenters. The van der Waals surface area contributed by atoms with Gasteiger partial charge in [0, 0.05) is 24.6 Å². The third kappa shape index (κ3) is 1.57. The van der Waals surface area contributed by atoms with Gasteiger partial charge in [-0.05, 0) is 12.1 Å². The number of hydrogen-bond donors (Lipinski definition) is 1. The van der Waals surface area contributed by atoms with Gasteiger partial charge in [-0.1, -0.05) is 0 Å². The van der Waals surface area contributed by atoms with Crippen LogP contribution >= 0.6 is 0 Å². The zero-order chi connectivity index (χ0) is 12.8. The van der Waals surface area contributed by atoms with Crippen LogP contribution in [0, 0.1) is 15.9 Å². The molecular formula is C10H9F3N2O2. The van der Waals surface area contributed by atoms with Crippen LogP contribution in [-0.2, 0) is 5.41 Å². The molecule has 0 bridgehead atoms. The first-order valence-electron chi connectivity index (χ1n) is 4.86. The predicted octanol–water partition coefficient (Wildman–Crippen LogP) is 1.97. The molecular weight excluding hydrogens is 237 g/mol. The second-order valence-electron chi connectivity index (χ2n) is 4.09. The van der Waals surface area contributed by atoms with Gasteiger partial charge in [0.25, 0.3) is 11.6 Å². The quantitative estimate of drug-likeness (QED) is 0.654. The van der Waals surface area contributed by atoms with Gasteiger partial charge in [0.15, 0.2) is 0 Å². The molecule has 0 spiro atoms. The van der Waals surface area contributed by atoms with E-state index in [1.807, 2.05) is 0 Å². The molecule has 0 heterocycles. The van der Waals surface area contributed by atoms with E-state index in [0.29, 0.717) is 0 Å². The standard InChI is InChI=1S/C10H9F3N2O2/c11-6-1-2-8(15(16)17)7(3-6)9(5-14)4-10(9,12)13/h1-3H,4-5,14H2. The van der Waals surface area contributed by atoms with Gasteiger partial charge in [-0.15, -0.1) is 0 Å². The van der Waals surface area contributed by atoms with Crippen molar-refractivity contribution in [2.45, 2.75) is 17.8 Å². The van der Waals surface area contributed by atoms with E-state index in [0.717, 1.165) is 18.2 Å². The van der Waals surface area contributed by atoms with Gasteiger partial charge in [-0.3, -0.25) is 10.1 Å². The van der Waals surface area contributed by atoms with Gasteiger partial charge in [-0.25, -0.2) is 13.2 Å². The molecule has 1 aliphatic carbocycles. The maximum atomic E-state index is 13.3. The second kappa shape index (κ2) is 3.43. The van der Waals surface area contributed by atoms with E-state index >= 15 is 0 Å². The number of benzene rings is 1. The van der Waals surface area contributed by atoms with Gasteiger partial charge >= 0.3 is 0 Å². The molecule has 2 rings (SSSR count). The van der Waals surface area contributed by atoms with Crippen LogP contribution in [0.4, 0.5) is 18.9 Å². The Bertz CT molecular complexity index is 492. The molecule has 4 nitrogen and oxygen atoms in total. The average molecular weight is 246 g/mol. The minimum Gasteiger partial charge on any atom is -0.329 e. The molecule has 0 amide bonds. The highest BCUT2D eigenvalue weighted by molar-refractivity contribution is 5.52. The molecule has 92 valence electrons. The van der Waals surface area contributed by atoms with Crippen LogP contribution in [-0.4, -0.2) is 17.4 Å². The maximum Gasteiger partial charge on any atom is 0.273 e. The summed E-state index contributed by atoms with van der Waals surface area (Å²) >= 11 is 0. The lowest BCUT2D eigenvalue weighted by Crippen LogP contribution is -2.27. The minimum atomic E-state index is -3.11. The zero-order valence-electron chi connectivity index (χ0n) is 8.62. The fourth-order valence-corrected chi connectivity index (χ4v) is 2.01. The highest BCUT2D eigenvalue weighted by atomic mass is 19.3. The van der Waals surface area contributed by atoms with Crippen LogP contribution in [0.1, 0.15) is 12.0 Å². The van der Waals surface area contributed by atoms with Crippen molar-refractivity contribution >= 4 is 5.69 Å². The number of nitro benzene ring substituents is 1.